The van der Waals surface area contributed by atoms with Crippen molar-refractivity contribution in [2.24, 2.45) is 0 Å². The van der Waals surface area contributed by atoms with Crippen LogP contribution in [0.1, 0.15) is 284 Å². The van der Waals surface area contributed by atoms with Crippen LogP contribution in [0.4, 0.5) is 0 Å². The summed E-state index contributed by atoms with van der Waals surface area (Å²) in [5.74, 6) is -0.164. The number of nitrogens with one attached hydrogen (secondary N) is 1. The lowest BCUT2D eigenvalue weighted by Gasteiger charge is -2.30. The molecule has 0 bridgehead atoms. The third-order valence-corrected chi connectivity index (χ3v) is 14.0. The molecule has 2 N–H and O–H groups in total. The molecule has 64 heavy (non-hydrogen) atoms. The summed E-state index contributed by atoms with van der Waals surface area (Å²) in [5, 5.41) is 14.0. The van der Waals surface area contributed by atoms with Gasteiger partial charge in [0.1, 0.15) is 13.2 Å². The third kappa shape index (κ3) is 49.2. The molecule has 0 aliphatic carbocycles. The van der Waals surface area contributed by atoms with E-state index in [1.54, 1.807) is 0 Å². The zero-order valence-corrected chi connectivity index (χ0v) is 44.4. The second-order valence-electron chi connectivity index (χ2n) is 20.6. The highest BCUT2D eigenvalue weighted by molar-refractivity contribution is 7.45. The normalized spacial score (nSPS) is 14.0. The van der Waals surface area contributed by atoms with E-state index in [2.05, 4.69) is 31.3 Å². The molecule has 0 saturated carbocycles. The molecule has 0 heterocycles. The van der Waals surface area contributed by atoms with Gasteiger partial charge in [-0.2, -0.15) is 0 Å². The van der Waals surface area contributed by atoms with Gasteiger partial charge in [0.25, 0.3) is 7.82 Å². The quantitative estimate of drug-likeness (QED) is 0.0272. The molecule has 3 atom stereocenters. The van der Waals surface area contributed by atoms with Gasteiger partial charge in [-0.05, 0) is 38.5 Å². The maximum atomic E-state index is 13.0. The van der Waals surface area contributed by atoms with Crippen LogP contribution in [0.2, 0.25) is 0 Å². The number of allylic oxidation sites excluding steroid dienone is 2. The lowest BCUT2D eigenvalue weighted by molar-refractivity contribution is -0.870. The predicted molar refractivity (Wildman–Crippen MR) is 275 cm³/mol. The third-order valence-electron chi connectivity index (χ3n) is 13.0. The number of quaternary nitrogens is 1. The number of hydrogen-bond acceptors (Lipinski definition) is 6. The van der Waals surface area contributed by atoms with Crippen LogP contribution in [0.3, 0.4) is 0 Å². The van der Waals surface area contributed by atoms with Crippen LogP contribution in [-0.2, 0) is 18.4 Å². The highest BCUT2D eigenvalue weighted by atomic mass is 31.2. The average Bonchev–Trinajstić information content (AvgIpc) is 3.25. The summed E-state index contributed by atoms with van der Waals surface area (Å²) in [6.45, 7) is 4.76. The van der Waals surface area contributed by atoms with Crippen LogP contribution in [-0.4, -0.2) is 68.5 Å². The highest BCUT2D eigenvalue weighted by Gasteiger charge is 2.24. The predicted octanol–water partition coefficient (Wildman–Crippen LogP) is 16.0. The number of carbonyl (C=O) groups is 1. The molecular formula is C55H111N2O6P. The Bertz CT molecular complexity index is 1050. The zero-order chi connectivity index (χ0) is 47.1. The molecule has 0 aliphatic rings. The van der Waals surface area contributed by atoms with E-state index < -0.39 is 20.0 Å². The molecule has 0 fully saturated rings. The van der Waals surface area contributed by atoms with Crippen LogP contribution < -0.4 is 10.2 Å². The van der Waals surface area contributed by atoms with Gasteiger partial charge < -0.3 is 28.8 Å². The van der Waals surface area contributed by atoms with E-state index in [0.29, 0.717) is 23.9 Å². The molecule has 0 aromatic carbocycles. The monoisotopic (exact) mass is 927 g/mol. The van der Waals surface area contributed by atoms with Crippen molar-refractivity contribution in [3.05, 3.63) is 12.2 Å². The summed E-state index contributed by atoms with van der Waals surface area (Å²) >= 11 is 0. The number of amides is 1. The van der Waals surface area contributed by atoms with Crippen LogP contribution in [0.25, 0.3) is 0 Å². The second-order valence-corrected chi connectivity index (χ2v) is 22.1. The van der Waals surface area contributed by atoms with Gasteiger partial charge in [-0.25, -0.2) is 0 Å². The van der Waals surface area contributed by atoms with E-state index in [1.165, 1.54) is 218 Å². The molecule has 0 aliphatic heterocycles. The first kappa shape index (κ1) is 63.2. The van der Waals surface area contributed by atoms with E-state index in [9.17, 15) is 19.4 Å². The molecule has 0 aromatic heterocycles. The topological polar surface area (TPSA) is 108 Å². The van der Waals surface area contributed by atoms with Crippen molar-refractivity contribution in [3.8, 4) is 0 Å². The Kier molecular flexibility index (Phi) is 46.8. The molecule has 0 spiro atoms. The number of aliphatic hydroxyl groups is 1. The van der Waals surface area contributed by atoms with E-state index in [4.69, 9.17) is 9.05 Å². The van der Waals surface area contributed by atoms with E-state index in [0.717, 1.165) is 38.5 Å². The lowest BCUT2D eigenvalue weighted by atomic mass is 10.0. The molecule has 382 valence electrons. The van der Waals surface area contributed by atoms with Gasteiger partial charge in [0.15, 0.2) is 0 Å². The average molecular weight is 927 g/mol. The largest absolute Gasteiger partial charge is 0.756 e. The van der Waals surface area contributed by atoms with Crippen molar-refractivity contribution in [2.45, 2.75) is 296 Å². The molecule has 3 unspecified atom stereocenters. The Balaban J connectivity index is 4.19. The van der Waals surface area contributed by atoms with Crippen molar-refractivity contribution in [2.75, 3.05) is 40.9 Å². The van der Waals surface area contributed by atoms with E-state index in [-0.39, 0.29) is 19.1 Å². The Morgan fingerprint density at radius 1 is 0.531 bits per heavy atom. The Morgan fingerprint density at radius 2 is 0.859 bits per heavy atom. The molecule has 1 amide bonds. The van der Waals surface area contributed by atoms with Crippen LogP contribution in [0, 0.1) is 0 Å². The van der Waals surface area contributed by atoms with Gasteiger partial charge >= 0.3 is 0 Å². The number of phosphoric ester groups is 1. The second kappa shape index (κ2) is 47.3. The minimum absolute atomic E-state index is 0.0137. The standard InChI is InChI=1S/C55H111N2O6P/c1-6-8-10-12-14-16-18-20-22-24-26-28-30-32-34-36-38-40-42-44-46-48-54(58)53(52-63-64(60,61)62-51-50-57(3,4)5)56-55(59)49-47-45-43-41-39-37-35-33-31-29-27-25-23-21-19-17-15-13-11-9-7-2/h29,31,53-54,58H,6-28,30,32-52H2,1-5H3,(H-,56,59,60,61)/b31-29-. The van der Waals surface area contributed by atoms with Gasteiger partial charge in [0.2, 0.25) is 5.91 Å². The summed E-state index contributed by atoms with van der Waals surface area (Å²) in [5.41, 5.74) is 0. The summed E-state index contributed by atoms with van der Waals surface area (Å²) < 4.78 is 23.4. The molecule has 0 saturated heterocycles. The fourth-order valence-corrected chi connectivity index (χ4v) is 9.29. The lowest BCUT2D eigenvalue weighted by Crippen LogP contribution is -2.46. The number of carbonyl (C=O) groups excluding carboxylic acids is 1. The Hall–Kier alpha value is -0.760. The van der Waals surface area contributed by atoms with E-state index in [1.807, 2.05) is 21.1 Å². The van der Waals surface area contributed by atoms with Crippen molar-refractivity contribution < 1.29 is 32.9 Å². The van der Waals surface area contributed by atoms with Gasteiger partial charge in [-0.15, -0.1) is 0 Å². The van der Waals surface area contributed by atoms with Gasteiger partial charge in [-0.1, -0.05) is 251 Å². The molecule has 0 aromatic rings. The van der Waals surface area contributed by atoms with Gasteiger partial charge in [0.05, 0.1) is 39.9 Å². The summed E-state index contributed by atoms with van der Waals surface area (Å²) in [6.07, 6.45) is 56.6. The van der Waals surface area contributed by atoms with Crippen molar-refractivity contribution in [1.29, 1.82) is 0 Å². The fourth-order valence-electron chi connectivity index (χ4n) is 8.57. The molecule has 8 nitrogen and oxygen atoms in total. The highest BCUT2D eigenvalue weighted by Crippen LogP contribution is 2.38. The molecular weight excluding hydrogens is 816 g/mol. The van der Waals surface area contributed by atoms with Crippen molar-refractivity contribution in [3.63, 3.8) is 0 Å². The Labute approximate surface area is 399 Å². The number of rotatable bonds is 52. The number of phosphoric acid groups is 1. The summed E-state index contributed by atoms with van der Waals surface area (Å²) in [4.78, 5) is 25.5. The number of likely N-dealkylation sites (N-methyl/N-ethyl adjacent to an activating group) is 1. The molecule has 9 heteroatoms. The van der Waals surface area contributed by atoms with E-state index >= 15 is 0 Å². The van der Waals surface area contributed by atoms with Crippen molar-refractivity contribution in [1.82, 2.24) is 5.32 Å². The fraction of sp³-hybridized carbons (Fsp3) is 0.945. The van der Waals surface area contributed by atoms with Crippen LogP contribution in [0.15, 0.2) is 12.2 Å². The minimum atomic E-state index is -4.57. The first-order chi connectivity index (χ1) is 31.0. The molecule has 0 radical (unpaired) electrons. The maximum absolute atomic E-state index is 13.0. The maximum Gasteiger partial charge on any atom is 0.268 e. The van der Waals surface area contributed by atoms with Crippen molar-refractivity contribution >= 4 is 13.7 Å². The zero-order valence-electron chi connectivity index (χ0n) is 43.5. The number of unbranched alkanes of at least 4 members (excludes halogenated alkanes) is 37. The minimum Gasteiger partial charge on any atom is -0.756 e. The van der Waals surface area contributed by atoms with Crippen LogP contribution >= 0.6 is 7.82 Å². The SMILES string of the molecule is CCCCCCCCCCCC/C=C\CCCCCCCCCC(=O)NC(COP(=O)([O-])OCC[N+](C)(C)C)C(O)CCCCCCCCCCCCCCCCCCCCCCC. The number of nitrogens with zero attached hydrogens (tertiary/aromatic N) is 1. The number of hydrogen-bond donors (Lipinski definition) is 2. The Morgan fingerprint density at radius 3 is 1.22 bits per heavy atom. The van der Waals surface area contributed by atoms with Crippen LogP contribution in [0.5, 0.6) is 0 Å². The van der Waals surface area contributed by atoms with Gasteiger partial charge in [-0.3, -0.25) is 9.36 Å². The number of aliphatic hydroxyl groups excluding tert-OH is 1. The first-order valence-electron chi connectivity index (χ1n) is 28.0. The smallest absolute Gasteiger partial charge is 0.268 e. The summed E-state index contributed by atoms with van der Waals surface area (Å²) in [7, 11) is 1.31. The summed E-state index contributed by atoms with van der Waals surface area (Å²) in [6, 6.07) is -0.800. The van der Waals surface area contributed by atoms with Gasteiger partial charge in [0, 0.05) is 6.42 Å². The first-order valence-corrected chi connectivity index (χ1v) is 29.5. The molecule has 0 rings (SSSR count).